The lowest BCUT2D eigenvalue weighted by Crippen LogP contribution is -2.31. The highest BCUT2D eigenvalue weighted by molar-refractivity contribution is 7.99. The molecule has 1 atom stereocenters. The number of carbonyl (C=O) groups excluding carboxylic acids is 1. The highest BCUT2D eigenvalue weighted by atomic mass is 35.5. The van der Waals surface area contributed by atoms with Crippen molar-refractivity contribution in [2.75, 3.05) is 18.2 Å². The predicted octanol–water partition coefficient (Wildman–Crippen LogP) is 5.89. The van der Waals surface area contributed by atoms with E-state index in [1.807, 2.05) is 36.4 Å². The van der Waals surface area contributed by atoms with Gasteiger partial charge < -0.3 is 14.8 Å². The van der Waals surface area contributed by atoms with E-state index in [0.29, 0.717) is 44.4 Å². The van der Waals surface area contributed by atoms with Gasteiger partial charge in [-0.25, -0.2) is 23.7 Å². The molecule has 202 valence electrons. The lowest BCUT2D eigenvalue weighted by atomic mass is 10.2. The lowest BCUT2D eigenvalue weighted by Gasteiger charge is -2.12. The van der Waals surface area contributed by atoms with Gasteiger partial charge in [0.25, 0.3) is 0 Å². The molecule has 12 heteroatoms. The van der Waals surface area contributed by atoms with Crippen LogP contribution >= 0.6 is 23.2 Å². The molecule has 0 bridgehead atoms. The van der Waals surface area contributed by atoms with Crippen molar-refractivity contribution in [2.45, 2.75) is 13.5 Å². The minimum Gasteiger partial charge on any atom is -0.488 e. The summed E-state index contributed by atoms with van der Waals surface area (Å²) >= 11 is 12.1. The van der Waals surface area contributed by atoms with Crippen molar-refractivity contribution in [1.29, 1.82) is 0 Å². The number of para-hydroxylation sites is 1. The average Bonchev–Trinajstić information content (AvgIpc) is 2.89. The van der Waals surface area contributed by atoms with Gasteiger partial charge in [0.15, 0.2) is 5.82 Å². The van der Waals surface area contributed by atoms with E-state index in [1.54, 1.807) is 37.3 Å². The zero-order chi connectivity index (χ0) is 27.8. The second-order valence-electron chi connectivity index (χ2n) is 8.26. The second kappa shape index (κ2) is 12.8. The number of aromatic nitrogens is 3. The van der Waals surface area contributed by atoms with Crippen LogP contribution in [0, 0.1) is 0 Å². The van der Waals surface area contributed by atoms with E-state index in [0.717, 1.165) is 5.56 Å². The van der Waals surface area contributed by atoms with Gasteiger partial charge >= 0.3 is 6.09 Å². The van der Waals surface area contributed by atoms with Gasteiger partial charge in [0.05, 0.1) is 31.9 Å². The van der Waals surface area contributed by atoms with Crippen LogP contribution in [0.4, 0.5) is 16.4 Å². The number of amides is 1. The van der Waals surface area contributed by atoms with Crippen molar-refractivity contribution >= 4 is 56.0 Å². The number of nitrogens with one attached hydrogen (secondary N) is 2. The van der Waals surface area contributed by atoms with Gasteiger partial charge in [0.2, 0.25) is 5.95 Å². The van der Waals surface area contributed by atoms with Crippen molar-refractivity contribution in [3.63, 3.8) is 0 Å². The van der Waals surface area contributed by atoms with Gasteiger partial charge in [-0.2, -0.15) is 4.98 Å². The minimum absolute atomic E-state index is 0.183. The van der Waals surface area contributed by atoms with E-state index < -0.39 is 15.8 Å². The molecule has 0 saturated carbocycles. The number of rotatable bonds is 9. The molecule has 4 aromatic rings. The van der Waals surface area contributed by atoms with Crippen LogP contribution in [0.2, 0.25) is 10.0 Å². The number of benzene rings is 3. The summed E-state index contributed by atoms with van der Waals surface area (Å²) in [6.45, 7) is 2.13. The molecule has 2 N–H and O–H groups in total. The molecular weight excluding hydrogens is 561 g/mol. The molecule has 1 amide bonds. The van der Waals surface area contributed by atoms with Gasteiger partial charge in [0.1, 0.15) is 18.7 Å². The number of ether oxygens (including phenoxy) is 2. The Balaban J connectivity index is 1.52. The highest BCUT2D eigenvalue weighted by Crippen LogP contribution is 2.29. The van der Waals surface area contributed by atoms with Crippen LogP contribution in [-0.2, 0) is 21.1 Å². The fourth-order valence-electron chi connectivity index (χ4n) is 3.49. The van der Waals surface area contributed by atoms with Crippen LogP contribution in [-0.4, -0.2) is 43.5 Å². The Labute approximate surface area is 236 Å². The maximum atomic E-state index is 12.8. The first-order chi connectivity index (χ1) is 18.7. The molecule has 1 unspecified atom stereocenters. The standard InChI is InChI=1S/C27H25Cl2N5O4S/c1-3-37-27(35)34-39(2,36)16-19-7-6-8-20(13-19)32-26-31-17-30-25(33-26)21-9-4-5-10-24(21)38-15-18-11-12-22(28)23(29)14-18/h4-14,16-17H,3,15H2,1-2H3,(H,34,35,36)(H,30,31,32,33). The first-order valence-electron chi connectivity index (χ1n) is 11.7. The topological polar surface area (TPSA) is 115 Å². The molecule has 1 heterocycles. The van der Waals surface area contributed by atoms with E-state index in [-0.39, 0.29) is 13.2 Å². The van der Waals surface area contributed by atoms with E-state index in [1.165, 1.54) is 18.0 Å². The van der Waals surface area contributed by atoms with Gasteiger partial charge in [-0.15, -0.1) is 0 Å². The molecule has 39 heavy (non-hydrogen) atoms. The molecule has 0 fully saturated rings. The third kappa shape index (κ3) is 8.06. The van der Waals surface area contributed by atoms with E-state index in [2.05, 4.69) is 25.0 Å². The third-order valence-corrected chi connectivity index (χ3v) is 7.18. The molecule has 3 aromatic carbocycles. The van der Waals surface area contributed by atoms with E-state index >= 15 is 0 Å². The Morgan fingerprint density at radius 3 is 2.64 bits per heavy atom. The smallest absolute Gasteiger partial charge is 0.418 e. The number of anilines is 2. The Morgan fingerprint density at radius 1 is 1.03 bits per heavy atom. The Bertz CT molecular complexity index is 1610. The summed E-state index contributed by atoms with van der Waals surface area (Å²) in [4.78, 5) is 24.8. The molecule has 4 rings (SSSR count). The molecule has 0 radical (unpaired) electrons. The largest absolute Gasteiger partial charge is 0.488 e. The highest BCUT2D eigenvalue weighted by Gasteiger charge is 2.12. The van der Waals surface area contributed by atoms with Crippen LogP contribution in [0.15, 0.2) is 73.1 Å². The predicted molar refractivity (Wildman–Crippen MR) is 155 cm³/mol. The van der Waals surface area contributed by atoms with E-state index in [9.17, 15) is 9.00 Å². The summed E-state index contributed by atoms with van der Waals surface area (Å²) in [7, 11) is -2.82. The van der Waals surface area contributed by atoms with Gasteiger partial charge in [0, 0.05) is 17.3 Å². The van der Waals surface area contributed by atoms with Crippen LogP contribution in [0.3, 0.4) is 0 Å². The number of carbonyl (C=O) groups is 1. The van der Waals surface area contributed by atoms with Crippen molar-refractivity contribution in [3.05, 3.63) is 94.2 Å². The molecule has 0 aliphatic rings. The minimum atomic E-state index is -2.82. The maximum Gasteiger partial charge on any atom is 0.418 e. The summed E-state index contributed by atoms with van der Waals surface area (Å²) in [5.41, 5.74) is 2.82. The fraction of sp³-hybridized carbons (Fsp3) is 0.148. The maximum absolute atomic E-state index is 12.8. The fourth-order valence-corrected chi connectivity index (χ4v) is 4.92. The Hall–Kier alpha value is -3.86. The summed E-state index contributed by atoms with van der Waals surface area (Å²) in [6.07, 6.45) is 2.08. The van der Waals surface area contributed by atoms with Crippen molar-refractivity contribution in [2.24, 2.45) is 0 Å². The zero-order valence-corrected chi connectivity index (χ0v) is 23.4. The average molecular weight is 587 g/mol. The van der Waals surface area contributed by atoms with Crippen LogP contribution in [0.1, 0.15) is 18.1 Å². The van der Waals surface area contributed by atoms with Crippen molar-refractivity contribution < 1.29 is 18.5 Å². The molecule has 0 saturated heterocycles. The summed E-state index contributed by atoms with van der Waals surface area (Å²) in [5.74, 6) is 1.30. The van der Waals surface area contributed by atoms with Crippen molar-refractivity contribution in [3.8, 4) is 17.1 Å². The normalized spacial score (nSPS) is 12.2. The molecule has 0 spiro atoms. The van der Waals surface area contributed by atoms with E-state index in [4.69, 9.17) is 32.7 Å². The SMILES string of the molecule is CCOC(=O)NS(C)(=O)=Cc1cccc(Nc2ncnc(-c3ccccc3OCc3ccc(Cl)c(Cl)c3)n2)c1. The Morgan fingerprint density at radius 2 is 1.85 bits per heavy atom. The molecule has 1 aromatic heterocycles. The molecular formula is C27H25Cl2N5O4S. The quantitative estimate of drug-likeness (QED) is 0.233. The van der Waals surface area contributed by atoms with Crippen LogP contribution in [0.25, 0.3) is 11.4 Å². The summed E-state index contributed by atoms with van der Waals surface area (Å²) in [5, 5.41) is 5.54. The first kappa shape index (κ1) is 28.2. The zero-order valence-electron chi connectivity index (χ0n) is 21.1. The second-order valence-corrected chi connectivity index (χ2v) is 11.3. The molecule has 0 aliphatic carbocycles. The summed E-state index contributed by atoms with van der Waals surface area (Å²) in [6, 6.07) is 19.8. The molecule has 0 aliphatic heterocycles. The number of hydrogen-bond donors (Lipinski definition) is 2. The number of nitrogens with zero attached hydrogens (tertiary/aromatic N) is 3. The first-order valence-corrected chi connectivity index (χ1v) is 14.5. The van der Waals surface area contributed by atoms with Gasteiger partial charge in [-0.3, -0.25) is 0 Å². The van der Waals surface area contributed by atoms with Crippen LogP contribution in [0.5, 0.6) is 5.75 Å². The van der Waals surface area contributed by atoms with Crippen LogP contribution < -0.4 is 14.8 Å². The van der Waals surface area contributed by atoms with Gasteiger partial charge in [-0.05, 0) is 54.4 Å². The van der Waals surface area contributed by atoms with Crippen molar-refractivity contribution in [1.82, 2.24) is 19.7 Å². The monoisotopic (exact) mass is 585 g/mol. The van der Waals surface area contributed by atoms with Gasteiger partial charge in [-0.1, -0.05) is 53.5 Å². The lowest BCUT2D eigenvalue weighted by molar-refractivity contribution is 0.159. The molecule has 9 nitrogen and oxygen atoms in total. The number of halogens is 2. The Kier molecular flexibility index (Phi) is 9.23. The number of hydrogen-bond acceptors (Lipinski definition) is 8. The summed E-state index contributed by atoms with van der Waals surface area (Å²) < 4.78 is 26.0. The third-order valence-electron chi connectivity index (χ3n) is 5.14.